The van der Waals surface area contributed by atoms with Crippen molar-refractivity contribution in [2.75, 3.05) is 26.2 Å². The fraction of sp³-hybridized carbons (Fsp3) is 0.304. The third kappa shape index (κ3) is 4.36. The highest BCUT2D eigenvalue weighted by atomic mass is 35.5. The van der Waals surface area contributed by atoms with Crippen LogP contribution in [0.15, 0.2) is 47.4 Å². The zero-order chi connectivity index (χ0) is 23.9. The van der Waals surface area contributed by atoms with Crippen molar-refractivity contribution in [1.29, 1.82) is 0 Å². The van der Waals surface area contributed by atoms with Gasteiger partial charge in [-0.25, -0.2) is 13.1 Å². The normalized spacial score (nSPS) is 15.1. The number of hydrogen-bond donors (Lipinski definition) is 1. The fourth-order valence-electron chi connectivity index (χ4n) is 3.90. The van der Waals surface area contributed by atoms with E-state index in [0.717, 1.165) is 22.6 Å². The average molecular weight is 489 g/mol. The number of phenolic OH excluding ortho intramolecular Hbond substituents is 1. The number of rotatable bonds is 4. The molecule has 0 unspecified atom stereocenters. The van der Waals surface area contributed by atoms with E-state index in [-0.39, 0.29) is 42.7 Å². The van der Waals surface area contributed by atoms with E-state index in [1.165, 1.54) is 16.4 Å². The number of amides is 1. The molecule has 0 bridgehead atoms. The number of piperazine rings is 1. The first-order valence-corrected chi connectivity index (χ1v) is 12.3. The third-order valence-corrected chi connectivity index (χ3v) is 8.30. The van der Waals surface area contributed by atoms with Gasteiger partial charge in [-0.3, -0.25) is 4.79 Å². The number of carbonyl (C=O) groups is 1. The minimum Gasteiger partial charge on any atom is -0.507 e. The molecule has 3 aromatic rings. The Kier molecular flexibility index (Phi) is 6.22. The predicted molar refractivity (Wildman–Crippen MR) is 126 cm³/mol. The summed E-state index contributed by atoms with van der Waals surface area (Å²) in [4.78, 5) is 14.5. The Labute approximate surface area is 198 Å². The lowest BCUT2D eigenvalue weighted by Gasteiger charge is -2.34. The van der Waals surface area contributed by atoms with Gasteiger partial charge in [0.25, 0.3) is 5.91 Å². The first-order valence-electron chi connectivity index (χ1n) is 10.5. The van der Waals surface area contributed by atoms with Crippen LogP contribution in [-0.4, -0.2) is 64.6 Å². The van der Waals surface area contributed by atoms with E-state index in [4.69, 9.17) is 11.6 Å². The monoisotopic (exact) mass is 488 g/mol. The van der Waals surface area contributed by atoms with Crippen molar-refractivity contribution in [3.8, 4) is 11.4 Å². The van der Waals surface area contributed by atoms with Gasteiger partial charge in [-0.2, -0.15) is 9.40 Å². The first-order chi connectivity index (χ1) is 15.6. The molecule has 0 radical (unpaired) electrons. The van der Waals surface area contributed by atoms with Crippen LogP contribution < -0.4 is 0 Å². The summed E-state index contributed by atoms with van der Waals surface area (Å²) < 4.78 is 29.0. The minimum atomic E-state index is -3.85. The summed E-state index contributed by atoms with van der Waals surface area (Å²) in [5.41, 5.74) is 3.62. The Morgan fingerprint density at radius 2 is 1.64 bits per heavy atom. The lowest BCUT2D eigenvalue weighted by Crippen LogP contribution is -2.50. The molecule has 174 valence electrons. The molecule has 1 amide bonds. The molecular formula is C23H25ClN4O4S. The van der Waals surface area contributed by atoms with Crippen LogP contribution in [0.2, 0.25) is 5.02 Å². The number of carbonyl (C=O) groups excluding carboxylic acids is 1. The van der Waals surface area contributed by atoms with E-state index in [2.05, 4.69) is 5.10 Å². The molecule has 2 aromatic carbocycles. The zero-order valence-electron chi connectivity index (χ0n) is 18.6. The molecule has 0 atom stereocenters. The Morgan fingerprint density at radius 3 is 2.21 bits per heavy atom. The average Bonchev–Trinajstić information content (AvgIpc) is 3.07. The van der Waals surface area contributed by atoms with Crippen molar-refractivity contribution in [3.63, 3.8) is 0 Å². The summed E-state index contributed by atoms with van der Waals surface area (Å²) >= 11 is 6.23. The Morgan fingerprint density at radius 1 is 1.00 bits per heavy atom. The summed E-state index contributed by atoms with van der Waals surface area (Å²) in [5.74, 6) is -0.438. The largest absolute Gasteiger partial charge is 0.507 e. The van der Waals surface area contributed by atoms with Crippen LogP contribution in [0.1, 0.15) is 27.3 Å². The van der Waals surface area contributed by atoms with E-state index in [9.17, 15) is 18.3 Å². The number of aryl methyl sites for hydroxylation is 2. The molecule has 0 saturated carbocycles. The van der Waals surface area contributed by atoms with Crippen LogP contribution in [0.25, 0.3) is 5.69 Å². The van der Waals surface area contributed by atoms with Gasteiger partial charge in [-0.1, -0.05) is 17.7 Å². The van der Waals surface area contributed by atoms with Crippen molar-refractivity contribution in [2.24, 2.45) is 0 Å². The molecule has 1 saturated heterocycles. The van der Waals surface area contributed by atoms with Gasteiger partial charge >= 0.3 is 0 Å². The van der Waals surface area contributed by atoms with E-state index < -0.39 is 10.0 Å². The topological polar surface area (TPSA) is 95.7 Å². The summed E-state index contributed by atoms with van der Waals surface area (Å²) in [6.45, 7) is 6.33. The molecule has 1 N–H and O–H groups in total. The number of hydrogen-bond acceptors (Lipinski definition) is 5. The highest BCUT2D eigenvalue weighted by Crippen LogP contribution is 2.28. The number of aromatic nitrogens is 2. The molecule has 1 aromatic heterocycles. The number of phenols is 1. The van der Waals surface area contributed by atoms with E-state index >= 15 is 0 Å². The van der Waals surface area contributed by atoms with Crippen LogP contribution in [-0.2, 0) is 10.0 Å². The first kappa shape index (κ1) is 23.3. The molecule has 0 spiro atoms. The Hall–Kier alpha value is -2.88. The van der Waals surface area contributed by atoms with Crippen molar-refractivity contribution in [3.05, 3.63) is 70.0 Å². The van der Waals surface area contributed by atoms with Gasteiger partial charge in [0.2, 0.25) is 10.0 Å². The minimum absolute atomic E-state index is 0.109. The van der Waals surface area contributed by atoms with Crippen molar-refractivity contribution in [1.82, 2.24) is 19.0 Å². The van der Waals surface area contributed by atoms with E-state index in [0.29, 0.717) is 10.6 Å². The van der Waals surface area contributed by atoms with Gasteiger partial charge in [0.15, 0.2) is 0 Å². The molecule has 8 nitrogen and oxygen atoms in total. The maximum absolute atomic E-state index is 13.0. The fourth-order valence-corrected chi connectivity index (χ4v) is 5.61. The molecular weight excluding hydrogens is 464 g/mol. The molecule has 2 heterocycles. The van der Waals surface area contributed by atoms with Gasteiger partial charge in [0.05, 0.1) is 22.1 Å². The highest BCUT2D eigenvalue weighted by Gasteiger charge is 2.32. The number of aromatic hydroxyl groups is 1. The second-order valence-electron chi connectivity index (χ2n) is 8.11. The smallest absolute Gasteiger partial charge is 0.253 e. The number of benzene rings is 2. The maximum atomic E-state index is 13.0. The molecule has 33 heavy (non-hydrogen) atoms. The number of halogens is 1. The number of sulfonamides is 1. The summed E-state index contributed by atoms with van der Waals surface area (Å²) in [7, 11) is -3.85. The standard InChI is InChI=1S/C23H25ClN4O4S/c1-15-4-9-20(29)21(14-15)33(31,32)27-12-10-26(11-13-27)23(30)18-5-7-19(8-6-18)28-17(3)22(24)16(2)25-28/h4-9,14,29H,10-13H2,1-3H3. The molecule has 0 aliphatic carbocycles. The zero-order valence-corrected chi connectivity index (χ0v) is 20.2. The van der Waals surface area contributed by atoms with Crippen LogP contribution in [0.3, 0.4) is 0 Å². The van der Waals surface area contributed by atoms with Crippen molar-refractivity contribution >= 4 is 27.5 Å². The molecule has 4 rings (SSSR count). The second kappa shape index (κ2) is 8.81. The molecule has 1 aliphatic rings. The SMILES string of the molecule is Cc1ccc(O)c(S(=O)(=O)N2CCN(C(=O)c3ccc(-n4nc(C)c(Cl)c4C)cc3)CC2)c1. The summed E-state index contributed by atoms with van der Waals surface area (Å²) in [5, 5.41) is 15.1. The lowest BCUT2D eigenvalue weighted by molar-refractivity contribution is 0.0697. The molecule has 1 aliphatic heterocycles. The van der Waals surface area contributed by atoms with Crippen LogP contribution in [0.4, 0.5) is 0 Å². The highest BCUT2D eigenvalue weighted by molar-refractivity contribution is 7.89. The Bertz CT molecular complexity index is 1310. The van der Waals surface area contributed by atoms with Gasteiger partial charge in [0, 0.05) is 31.7 Å². The van der Waals surface area contributed by atoms with Gasteiger partial charge in [-0.05, 0) is 62.7 Å². The summed E-state index contributed by atoms with van der Waals surface area (Å²) in [6.07, 6.45) is 0. The maximum Gasteiger partial charge on any atom is 0.253 e. The van der Waals surface area contributed by atoms with Crippen LogP contribution in [0.5, 0.6) is 5.75 Å². The third-order valence-electron chi connectivity index (χ3n) is 5.82. The summed E-state index contributed by atoms with van der Waals surface area (Å²) in [6, 6.07) is 11.6. The van der Waals surface area contributed by atoms with E-state index in [1.807, 2.05) is 26.0 Å². The van der Waals surface area contributed by atoms with Crippen LogP contribution >= 0.6 is 11.6 Å². The predicted octanol–water partition coefficient (Wildman–Crippen LogP) is 3.30. The molecule has 1 fully saturated rings. The molecule has 10 heteroatoms. The van der Waals surface area contributed by atoms with E-state index in [1.54, 1.807) is 34.7 Å². The second-order valence-corrected chi connectivity index (χ2v) is 10.4. The number of nitrogens with zero attached hydrogens (tertiary/aromatic N) is 4. The van der Waals surface area contributed by atoms with Gasteiger partial charge in [0.1, 0.15) is 10.6 Å². The quantitative estimate of drug-likeness (QED) is 0.608. The van der Waals surface area contributed by atoms with Crippen molar-refractivity contribution < 1.29 is 18.3 Å². The van der Waals surface area contributed by atoms with Gasteiger partial charge < -0.3 is 10.0 Å². The Balaban J connectivity index is 1.45. The van der Waals surface area contributed by atoms with Gasteiger partial charge in [-0.15, -0.1) is 0 Å². The van der Waals surface area contributed by atoms with Crippen LogP contribution in [0, 0.1) is 20.8 Å². The van der Waals surface area contributed by atoms with Crippen molar-refractivity contribution in [2.45, 2.75) is 25.7 Å². The lowest BCUT2D eigenvalue weighted by atomic mass is 10.1.